The van der Waals surface area contributed by atoms with E-state index in [1.807, 2.05) is 0 Å². The molecule has 0 aliphatic carbocycles. The van der Waals surface area contributed by atoms with Crippen LogP contribution in [0.15, 0.2) is 24.3 Å². The smallest absolute Gasteiger partial charge is 0.346 e. The van der Waals surface area contributed by atoms with Crippen molar-refractivity contribution in [1.29, 1.82) is 0 Å². The van der Waals surface area contributed by atoms with Gasteiger partial charge in [-0.25, -0.2) is 4.79 Å². The molecule has 21 heavy (non-hydrogen) atoms. The topological polar surface area (TPSA) is 95.9 Å². The number of carboxylic acid groups (broad SMARTS) is 1. The predicted molar refractivity (Wildman–Crippen MR) is 75.6 cm³/mol. The molecule has 7 nitrogen and oxygen atoms in total. The van der Waals surface area contributed by atoms with E-state index in [1.165, 1.54) is 4.90 Å². The predicted octanol–water partition coefficient (Wildman–Crippen LogP) is 0.690. The Kier molecular flexibility index (Phi) is 3.46. The molecule has 2 aliphatic heterocycles. The molecule has 1 saturated heterocycles. The Hall–Kier alpha value is -2.22. The number of fused-ring (bicyclic) bond motifs is 1. The molecule has 2 unspecified atom stereocenters. The van der Waals surface area contributed by atoms with Crippen molar-refractivity contribution in [3.8, 4) is 5.75 Å². The number of hydrogen-bond donors (Lipinski definition) is 2. The Balaban J connectivity index is 1.91. The molecule has 3 rings (SSSR count). The molecule has 0 spiro atoms. The highest BCUT2D eigenvalue weighted by Crippen LogP contribution is 2.34. The van der Waals surface area contributed by atoms with Crippen molar-refractivity contribution in [2.45, 2.75) is 12.1 Å². The Bertz CT molecular complexity index is 620. The second-order valence-electron chi connectivity index (χ2n) is 4.66. The minimum absolute atomic E-state index is 0.0811. The zero-order valence-corrected chi connectivity index (χ0v) is 11.6. The summed E-state index contributed by atoms with van der Waals surface area (Å²) in [4.78, 5) is 36.3. The van der Waals surface area contributed by atoms with Crippen molar-refractivity contribution in [2.24, 2.45) is 0 Å². The fourth-order valence-electron chi connectivity index (χ4n) is 2.28. The molecule has 110 valence electrons. The number of para-hydroxylation sites is 2. The molecule has 8 heteroatoms. The Morgan fingerprint density at radius 1 is 1.38 bits per heavy atom. The van der Waals surface area contributed by atoms with Gasteiger partial charge < -0.3 is 20.1 Å². The molecule has 0 aromatic heterocycles. The van der Waals surface area contributed by atoms with E-state index in [0.717, 1.165) is 11.8 Å². The minimum atomic E-state index is -1.13. The first-order valence-electron chi connectivity index (χ1n) is 6.29. The molecule has 2 N–H and O–H groups in total. The number of thioether (sulfide) groups is 1. The molecule has 1 aromatic carbocycles. The van der Waals surface area contributed by atoms with Crippen molar-refractivity contribution in [3.63, 3.8) is 0 Å². The van der Waals surface area contributed by atoms with Crippen LogP contribution in [0.1, 0.15) is 0 Å². The first kappa shape index (κ1) is 13.7. The van der Waals surface area contributed by atoms with Crippen LogP contribution in [-0.4, -0.2) is 46.7 Å². The zero-order valence-electron chi connectivity index (χ0n) is 10.8. The van der Waals surface area contributed by atoms with Crippen LogP contribution < -0.4 is 15.0 Å². The minimum Gasteiger partial charge on any atom is -0.478 e. The molecule has 0 bridgehead atoms. The van der Waals surface area contributed by atoms with E-state index < -0.39 is 18.1 Å². The van der Waals surface area contributed by atoms with Gasteiger partial charge in [-0.15, -0.1) is 0 Å². The second-order valence-corrected chi connectivity index (χ2v) is 5.65. The third-order valence-electron chi connectivity index (χ3n) is 3.29. The van der Waals surface area contributed by atoms with Gasteiger partial charge in [0, 0.05) is 5.75 Å². The van der Waals surface area contributed by atoms with Crippen LogP contribution in [0.3, 0.4) is 0 Å². The number of carboxylic acids is 1. The molecular formula is C13H12N2O5S. The van der Waals surface area contributed by atoms with E-state index in [-0.39, 0.29) is 17.7 Å². The summed E-state index contributed by atoms with van der Waals surface area (Å²) >= 11 is 1.04. The number of amides is 2. The number of rotatable bonds is 2. The van der Waals surface area contributed by atoms with E-state index in [0.29, 0.717) is 17.2 Å². The Labute approximate surface area is 124 Å². The van der Waals surface area contributed by atoms with Gasteiger partial charge in [0.05, 0.1) is 12.2 Å². The van der Waals surface area contributed by atoms with Crippen LogP contribution in [-0.2, 0) is 9.59 Å². The highest BCUT2D eigenvalue weighted by atomic mass is 32.2. The third kappa shape index (κ3) is 2.54. The van der Waals surface area contributed by atoms with E-state index in [9.17, 15) is 14.4 Å². The fraction of sp³-hybridized carbons (Fsp3) is 0.308. The molecule has 2 amide bonds. The molecule has 2 atom stereocenters. The third-order valence-corrected chi connectivity index (χ3v) is 4.17. The maximum atomic E-state index is 12.5. The fourth-order valence-corrected chi connectivity index (χ4v) is 3.05. The van der Waals surface area contributed by atoms with Crippen LogP contribution in [0.5, 0.6) is 5.75 Å². The Morgan fingerprint density at radius 3 is 2.81 bits per heavy atom. The van der Waals surface area contributed by atoms with Crippen LogP contribution in [0.2, 0.25) is 0 Å². The SMILES string of the molecule is O=C1NC(C(=O)N2CC(C(=O)O)Oc3ccccc32)CS1. The number of nitrogens with zero attached hydrogens (tertiary/aromatic N) is 1. The maximum absolute atomic E-state index is 12.5. The number of ether oxygens (including phenoxy) is 1. The number of nitrogens with one attached hydrogen (secondary N) is 1. The van der Waals surface area contributed by atoms with Gasteiger partial charge in [0.1, 0.15) is 11.8 Å². The second kappa shape index (κ2) is 5.28. The lowest BCUT2D eigenvalue weighted by atomic mass is 10.1. The largest absolute Gasteiger partial charge is 0.478 e. The van der Waals surface area contributed by atoms with Gasteiger partial charge >= 0.3 is 5.97 Å². The average molecular weight is 308 g/mol. The van der Waals surface area contributed by atoms with Gasteiger partial charge in [0.15, 0.2) is 0 Å². The number of carbonyl (C=O) groups excluding carboxylic acids is 2. The van der Waals surface area contributed by atoms with Gasteiger partial charge in [-0.2, -0.15) is 0 Å². The lowest BCUT2D eigenvalue weighted by molar-refractivity contribution is -0.145. The summed E-state index contributed by atoms with van der Waals surface area (Å²) in [5.74, 6) is -0.765. The summed E-state index contributed by atoms with van der Waals surface area (Å²) in [6, 6.07) is 6.12. The van der Waals surface area contributed by atoms with Crippen LogP contribution in [0.4, 0.5) is 10.5 Å². The summed E-state index contributed by atoms with van der Waals surface area (Å²) in [5.41, 5.74) is 0.520. The summed E-state index contributed by atoms with van der Waals surface area (Å²) in [6.45, 7) is -0.0811. The van der Waals surface area contributed by atoms with E-state index in [4.69, 9.17) is 9.84 Å². The first-order chi connectivity index (χ1) is 10.1. The maximum Gasteiger partial charge on any atom is 0.346 e. The van der Waals surface area contributed by atoms with Crippen LogP contribution in [0, 0.1) is 0 Å². The van der Waals surface area contributed by atoms with Crippen molar-refractivity contribution in [3.05, 3.63) is 24.3 Å². The van der Waals surface area contributed by atoms with Gasteiger partial charge in [0.2, 0.25) is 6.10 Å². The number of aliphatic carboxylic acids is 1. The lowest BCUT2D eigenvalue weighted by Crippen LogP contribution is -2.52. The number of hydrogen-bond acceptors (Lipinski definition) is 5. The molecule has 0 radical (unpaired) electrons. The van der Waals surface area contributed by atoms with Gasteiger partial charge in [-0.1, -0.05) is 23.9 Å². The van der Waals surface area contributed by atoms with Crippen molar-refractivity contribution in [2.75, 3.05) is 17.2 Å². The van der Waals surface area contributed by atoms with E-state index >= 15 is 0 Å². The van der Waals surface area contributed by atoms with Gasteiger partial charge in [-0.3, -0.25) is 9.59 Å². The Morgan fingerprint density at radius 2 is 2.14 bits per heavy atom. The monoisotopic (exact) mass is 308 g/mol. The summed E-state index contributed by atoms with van der Waals surface area (Å²) in [7, 11) is 0. The van der Waals surface area contributed by atoms with Crippen molar-refractivity contribution >= 4 is 34.6 Å². The van der Waals surface area contributed by atoms with Crippen LogP contribution >= 0.6 is 11.8 Å². The number of carbonyl (C=O) groups is 3. The van der Waals surface area contributed by atoms with E-state index in [2.05, 4.69) is 5.32 Å². The lowest BCUT2D eigenvalue weighted by Gasteiger charge is -2.34. The normalized spacial score (nSPS) is 24.0. The van der Waals surface area contributed by atoms with Gasteiger partial charge in [-0.05, 0) is 12.1 Å². The molecule has 0 saturated carbocycles. The number of anilines is 1. The molecule has 1 aromatic rings. The van der Waals surface area contributed by atoms with Gasteiger partial charge in [0.25, 0.3) is 11.1 Å². The van der Waals surface area contributed by atoms with Crippen LogP contribution in [0.25, 0.3) is 0 Å². The summed E-state index contributed by atoms with van der Waals surface area (Å²) < 4.78 is 5.37. The molecule has 2 heterocycles. The molecule has 1 fully saturated rings. The number of benzene rings is 1. The highest BCUT2D eigenvalue weighted by Gasteiger charge is 2.38. The van der Waals surface area contributed by atoms with E-state index in [1.54, 1.807) is 24.3 Å². The van der Waals surface area contributed by atoms with Crippen molar-refractivity contribution < 1.29 is 24.2 Å². The average Bonchev–Trinajstić information content (AvgIpc) is 2.92. The summed E-state index contributed by atoms with van der Waals surface area (Å²) in [6.07, 6.45) is -1.12. The zero-order chi connectivity index (χ0) is 15.0. The summed E-state index contributed by atoms with van der Waals surface area (Å²) in [5, 5.41) is 11.5. The molecule has 2 aliphatic rings. The quantitative estimate of drug-likeness (QED) is 0.834. The standard InChI is InChI=1S/C13H12N2O5S/c16-11(7-6-21-13(19)14-7)15-5-10(12(17)18)20-9-4-2-1-3-8(9)15/h1-4,7,10H,5-6H2,(H,14,19)(H,17,18). The molecular weight excluding hydrogens is 296 g/mol. The highest BCUT2D eigenvalue weighted by molar-refractivity contribution is 8.14. The first-order valence-corrected chi connectivity index (χ1v) is 7.28. The van der Waals surface area contributed by atoms with Crippen molar-refractivity contribution in [1.82, 2.24) is 5.32 Å².